The summed E-state index contributed by atoms with van der Waals surface area (Å²) in [6.45, 7) is 4.15. The number of anilines is 1. The van der Waals surface area contributed by atoms with Crippen LogP contribution in [0.4, 0.5) is 5.69 Å². The highest BCUT2D eigenvalue weighted by Gasteiger charge is 2.29. The molecule has 1 heterocycles. The monoisotopic (exact) mass is 309 g/mol. The summed E-state index contributed by atoms with van der Waals surface area (Å²) in [6, 6.07) is 14.6. The second-order valence-corrected chi connectivity index (χ2v) is 6.25. The molecule has 23 heavy (non-hydrogen) atoms. The van der Waals surface area contributed by atoms with E-state index in [0.717, 1.165) is 29.8 Å². The van der Waals surface area contributed by atoms with Gasteiger partial charge in [-0.25, -0.2) is 0 Å². The molecule has 0 aromatic heterocycles. The minimum absolute atomic E-state index is 0.205. The van der Waals surface area contributed by atoms with Gasteiger partial charge < -0.3 is 9.64 Å². The number of fused-ring (bicyclic) bond motifs is 1. The number of hydrogen-bond donors (Lipinski definition) is 0. The largest absolute Gasteiger partial charge is 0.496 e. The number of amides is 1. The van der Waals surface area contributed by atoms with Crippen LogP contribution in [0.15, 0.2) is 42.5 Å². The van der Waals surface area contributed by atoms with Gasteiger partial charge in [-0.1, -0.05) is 30.3 Å². The lowest BCUT2D eigenvalue weighted by Gasteiger charge is -2.22. The van der Waals surface area contributed by atoms with Gasteiger partial charge in [0.05, 0.1) is 7.11 Å². The highest BCUT2D eigenvalue weighted by Crippen LogP contribution is 2.32. The zero-order chi connectivity index (χ0) is 16.4. The van der Waals surface area contributed by atoms with Crippen molar-refractivity contribution in [3.05, 3.63) is 59.2 Å². The third-order valence-electron chi connectivity index (χ3n) is 4.56. The van der Waals surface area contributed by atoms with Crippen LogP contribution in [-0.4, -0.2) is 19.1 Å². The number of rotatable bonds is 4. The maximum atomic E-state index is 12.7. The SMILES string of the molecule is COc1ccc(CCC(=O)N2c3ccccc3C[C@@H]2C)cc1C. The van der Waals surface area contributed by atoms with Gasteiger partial charge in [0.1, 0.15) is 5.75 Å². The Balaban J connectivity index is 1.69. The van der Waals surface area contributed by atoms with E-state index in [1.165, 1.54) is 11.1 Å². The minimum Gasteiger partial charge on any atom is -0.496 e. The zero-order valence-electron chi connectivity index (χ0n) is 14.0. The van der Waals surface area contributed by atoms with Crippen LogP contribution in [-0.2, 0) is 17.6 Å². The Kier molecular flexibility index (Phi) is 4.37. The lowest BCUT2D eigenvalue weighted by atomic mass is 10.1. The van der Waals surface area contributed by atoms with E-state index in [1.807, 2.05) is 42.2 Å². The van der Waals surface area contributed by atoms with Gasteiger partial charge in [0.25, 0.3) is 0 Å². The molecule has 120 valence electrons. The Labute approximate surface area is 137 Å². The standard InChI is InChI=1S/C20H23NO2/c1-14-12-16(8-10-19(14)23-3)9-11-20(22)21-15(2)13-17-6-4-5-7-18(17)21/h4-8,10,12,15H,9,11,13H2,1-3H3/t15-/m0/s1. The first kappa shape index (κ1) is 15.6. The summed E-state index contributed by atoms with van der Waals surface area (Å²) in [7, 11) is 1.68. The molecule has 0 unspecified atom stereocenters. The van der Waals surface area contributed by atoms with Gasteiger partial charge in [-0.05, 0) is 55.5 Å². The number of hydrogen-bond acceptors (Lipinski definition) is 2. The smallest absolute Gasteiger partial charge is 0.227 e. The van der Waals surface area contributed by atoms with E-state index in [0.29, 0.717) is 6.42 Å². The summed E-state index contributed by atoms with van der Waals surface area (Å²) in [4.78, 5) is 14.7. The topological polar surface area (TPSA) is 29.5 Å². The number of carbonyl (C=O) groups excluding carboxylic acids is 1. The fraction of sp³-hybridized carbons (Fsp3) is 0.350. The van der Waals surface area contributed by atoms with E-state index in [4.69, 9.17) is 4.74 Å². The van der Waals surface area contributed by atoms with Crippen molar-refractivity contribution in [1.29, 1.82) is 0 Å². The lowest BCUT2D eigenvalue weighted by Crippen LogP contribution is -2.35. The van der Waals surface area contributed by atoms with Crippen molar-refractivity contribution in [2.24, 2.45) is 0 Å². The fourth-order valence-electron chi connectivity index (χ4n) is 3.41. The third-order valence-corrected chi connectivity index (χ3v) is 4.56. The minimum atomic E-state index is 0.205. The molecule has 0 aliphatic carbocycles. The maximum absolute atomic E-state index is 12.7. The fourth-order valence-corrected chi connectivity index (χ4v) is 3.41. The van der Waals surface area contributed by atoms with Gasteiger partial charge in [-0.2, -0.15) is 0 Å². The molecule has 0 spiro atoms. The van der Waals surface area contributed by atoms with E-state index in [2.05, 4.69) is 19.1 Å². The molecule has 1 amide bonds. The molecular formula is C20H23NO2. The highest BCUT2D eigenvalue weighted by atomic mass is 16.5. The Morgan fingerprint density at radius 3 is 2.78 bits per heavy atom. The lowest BCUT2D eigenvalue weighted by molar-refractivity contribution is -0.118. The van der Waals surface area contributed by atoms with Crippen molar-refractivity contribution in [3.8, 4) is 5.75 Å². The molecule has 3 nitrogen and oxygen atoms in total. The molecule has 0 saturated carbocycles. The van der Waals surface area contributed by atoms with Crippen LogP contribution in [0, 0.1) is 6.92 Å². The molecule has 3 rings (SSSR count). The Morgan fingerprint density at radius 1 is 1.26 bits per heavy atom. The number of ether oxygens (including phenoxy) is 1. The first-order valence-corrected chi connectivity index (χ1v) is 8.13. The van der Waals surface area contributed by atoms with Gasteiger partial charge in [0, 0.05) is 18.2 Å². The van der Waals surface area contributed by atoms with Gasteiger partial charge >= 0.3 is 0 Å². The predicted octanol–water partition coefficient (Wildman–Crippen LogP) is 3.91. The third kappa shape index (κ3) is 3.09. The van der Waals surface area contributed by atoms with E-state index in [1.54, 1.807) is 7.11 Å². The molecule has 0 fully saturated rings. The summed E-state index contributed by atoms with van der Waals surface area (Å²) in [5, 5.41) is 0. The Bertz CT molecular complexity index is 723. The molecule has 2 aromatic rings. The molecule has 0 saturated heterocycles. The van der Waals surface area contributed by atoms with Gasteiger partial charge in [-0.3, -0.25) is 4.79 Å². The quantitative estimate of drug-likeness (QED) is 0.857. The van der Waals surface area contributed by atoms with Crippen LogP contribution in [0.3, 0.4) is 0 Å². The van der Waals surface area contributed by atoms with E-state index in [9.17, 15) is 4.79 Å². The summed E-state index contributed by atoms with van der Waals surface area (Å²) < 4.78 is 5.28. The van der Waals surface area contributed by atoms with Crippen LogP contribution < -0.4 is 9.64 Å². The summed E-state index contributed by atoms with van der Waals surface area (Å²) in [5.41, 5.74) is 4.64. The van der Waals surface area contributed by atoms with Crippen molar-refractivity contribution in [1.82, 2.24) is 0 Å². The number of nitrogens with zero attached hydrogens (tertiary/aromatic N) is 1. The number of aryl methyl sites for hydroxylation is 2. The van der Waals surface area contributed by atoms with Gasteiger partial charge in [-0.15, -0.1) is 0 Å². The molecule has 1 aliphatic heterocycles. The molecule has 3 heteroatoms. The van der Waals surface area contributed by atoms with E-state index >= 15 is 0 Å². The highest BCUT2D eigenvalue weighted by molar-refractivity contribution is 5.96. The average molecular weight is 309 g/mol. The second-order valence-electron chi connectivity index (χ2n) is 6.25. The molecular weight excluding hydrogens is 286 g/mol. The van der Waals surface area contributed by atoms with Crippen molar-refractivity contribution in [3.63, 3.8) is 0 Å². The molecule has 0 bridgehead atoms. The number of benzene rings is 2. The van der Waals surface area contributed by atoms with Crippen molar-refractivity contribution in [2.45, 2.75) is 39.2 Å². The molecule has 0 radical (unpaired) electrons. The van der Waals surface area contributed by atoms with E-state index in [-0.39, 0.29) is 11.9 Å². The predicted molar refractivity (Wildman–Crippen MR) is 93.1 cm³/mol. The summed E-state index contributed by atoms with van der Waals surface area (Å²) in [6.07, 6.45) is 2.24. The zero-order valence-corrected chi connectivity index (χ0v) is 14.0. The summed E-state index contributed by atoms with van der Waals surface area (Å²) in [5.74, 6) is 1.10. The molecule has 1 aliphatic rings. The summed E-state index contributed by atoms with van der Waals surface area (Å²) >= 11 is 0. The van der Waals surface area contributed by atoms with Gasteiger partial charge in [0.2, 0.25) is 5.91 Å². The Morgan fingerprint density at radius 2 is 2.04 bits per heavy atom. The van der Waals surface area contributed by atoms with Crippen LogP contribution in [0.25, 0.3) is 0 Å². The van der Waals surface area contributed by atoms with Crippen LogP contribution in [0.2, 0.25) is 0 Å². The Hall–Kier alpha value is -2.29. The molecule has 2 aromatic carbocycles. The van der Waals surface area contributed by atoms with Crippen LogP contribution in [0.5, 0.6) is 5.75 Å². The number of para-hydroxylation sites is 1. The van der Waals surface area contributed by atoms with Crippen molar-refractivity contribution < 1.29 is 9.53 Å². The normalized spacial score (nSPS) is 16.3. The van der Waals surface area contributed by atoms with Crippen LogP contribution in [0.1, 0.15) is 30.0 Å². The number of carbonyl (C=O) groups is 1. The van der Waals surface area contributed by atoms with E-state index < -0.39 is 0 Å². The maximum Gasteiger partial charge on any atom is 0.227 e. The molecule has 0 N–H and O–H groups in total. The first-order valence-electron chi connectivity index (χ1n) is 8.13. The van der Waals surface area contributed by atoms with Crippen molar-refractivity contribution >= 4 is 11.6 Å². The average Bonchev–Trinajstić information content (AvgIpc) is 2.88. The second kappa shape index (κ2) is 6.45. The molecule has 1 atom stereocenters. The van der Waals surface area contributed by atoms with Crippen LogP contribution >= 0.6 is 0 Å². The first-order chi connectivity index (χ1) is 11.1. The van der Waals surface area contributed by atoms with Gasteiger partial charge in [0.15, 0.2) is 0 Å². The number of methoxy groups -OCH3 is 1. The van der Waals surface area contributed by atoms with Crippen molar-refractivity contribution in [2.75, 3.05) is 12.0 Å².